The zero-order valence-corrected chi connectivity index (χ0v) is 20.2. The highest BCUT2D eigenvalue weighted by Crippen LogP contribution is 2.45. The largest absolute Gasteiger partial charge is 0.497 e. The number of nitrogens with zero attached hydrogens (tertiary/aromatic N) is 6. The molecular weight excluding hydrogens is 485 g/mol. The Balaban J connectivity index is 1.44. The third-order valence-corrected chi connectivity index (χ3v) is 7.24. The predicted octanol–water partition coefficient (Wildman–Crippen LogP) is 4.39. The number of methoxy groups -OCH3 is 1. The van der Waals surface area contributed by atoms with Crippen LogP contribution in [0.5, 0.6) is 5.75 Å². The third kappa shape index (κ3) is 3.68. The van der Waals surface area contributed by atoms with Gasteiger partial charge >= 0.3 is 0 Å². The van der Waals surface area contributed by atoms with Gasteiger partial charge in [-0.1, -0.05) is 0 Å². The summed E-state index contributed by atoms with van der Waals surface area (Å²) in [5.74, 6) is -3.62. The van der Waals surface area contributed by atoms with Crippen molar-refractivity contribution in [3.63, 3.8) is 0 Å². The average molecular weight is 509 g/mol. The Morgan fingerprint density at radius 1 is 1.05 bits per heavy atom. The van der Waals surface area contributed by atoms with E-state index in [1.807, 2.05) is 4.90 Å². The SMILES string of the molecule is COc1ccc(C(=O)N2C3CCCC2c2nn(C)c(-c4cc(F)c(F)c(F)c4)c2C3)c(-n2nccn2)c1. The molecule has 6 rings (SSSR count). The van der Waals surface area contributed by atoms with Crippen LogP contribution in [0, 0.1) is 17.5 Å². The molecule has 2 bridgehead atoms. The zero-order chi connectivity index (χ0) is 25.8. The molecule has 2 atom stereocenters. The van der Waals surface area contributed by atoms with E-state index < -0.39 is 17.5 Å². The molecule has 2 aliphatic heterocycles. The molecule has 1 fully saturated rings. The standard InChI is InChI=1S/C26H23F3N6O2/c1-33-25(14-10-19(27)23(29)20(28)11-14)18-12-15-4-3-5-21(24(18)32-33)34(15)26(36)17-7-6-16(37-2)13-22(17)35-30-8-9-31-35/h6-11,13,15,21H,3-5,12H2,1-2H3. The molecule has 0 aliphatic carbocycles. The van der Waals surface area contributed by atoms with E-state index in [1.54, 1.807) is 37.0 Å². The summed E-state index contributed by atoms with van der Waals surface area (Å²) in [7, 11) is 3.24. The maximum absolute atomic E-state index is 14.1. The third-order valence-electron chi connectivity index (χ3n) is 7.24. The van der Waals surface area contributed by atoms with E-state index in [0.29, 0.717) is 41.2 Å². The fraction of sp³-hybridized carbons (Fsp3) is 0.308. The van der Waals surface area contributed by atoms with Gasteiger partial charge in [0.05, 0.1) is 42.5 Å². The molecule has 11 heteroatoms. The van der Waals surface area contributed by atoms with Gasteiger partial charge < -0.3 is 9.64 Å². The summed E-state index contributed by atoms with van der Waals surface area (Å²) in [5, 5.41) is 13.1. The number of aryl methyl sites for hydroxylation is 1. The van der Waals surface area contributed by atoms with Gasteiger partial charge in [0, 0.05) is 30.3 Å². The molecule has 190 valence electrons. The minimum atomic E-state index is -1.50. The van der Waals surface area contributed by atoms with Crippen LogP contribution in [0.25, 0.3) is 16.9 Å². The van der Waals surface area contributed by atoms with Crippen molar-refractivity contribution < 1.29 is 22.7 Å². The van der Waals surface area contributed by atoms with E-state index in [2.05, 4.69) is 10.2 Å². The van der Waals surface area contributed by atoms with E-state index in [9.17, 15) is 18.0 Å². The second-order valence-electron chi connectivity index (χ2n) is 9.31. The van der Waals surface area contributed by atoms with E-state index in [0.717, 1.165) is 30.5 Å². The first-order valence-electron chi connectivity index (χ1n) is 12.0. The minimum absolute atomic E-state index is 0.141. The molecule has 8 nitrogen and oxygen atoms in total. The summed E-state index contributed by atoms with van der Waals surface area (Å²) >= 11 is 0. The molecule has 0 radical (unpaired) electrons. The Morgan fingerprint density at radius 2 is 1.78 bits per heavy atom. The molecule has 4 aromatic rings. The van der Waals surface area contributed by atoms with Gasteiger partial charge in [-0.05, 0) is 49.9 Å². The summed E-state index contributed by atoms with van der Waals surface area (Å²) in [6.07, 6.45) is 5.92. The highest BCUT2D eigenvalue weighted by Gasteiger charge is 2.44. The maximum atomic E-state index is 14.1. The van der Waals surface area contributed by atoms with Crippen molar-refractivity contribution in [1.82, 2.24) is 29.7 Å². The van der Waals surface area contributed by atoms with Crippen LogP contribution in [0.4, 0.5) is 13.2 Å². The molecule has 4 heterocycles. The predicted molar refractivity (Wildman–Crippen MR) is 127 cm³/mol. The normalized spacial score (nSPS) is 18.6. The first kappa shape index (κ1) is 23.3. The summed E-state index contributed by atoms with van der Waals surface area (Å²) in [6, 6.07) is 6.67. The van der Waals surface area contributed by atoms with Gasteiger partial charge in [0.2, 0.25) is 0 Å². The molecule has 0 N–H and O–H groups in total. The van der Waals surface area contributed by atoms with Crippen LogP contribution >= 0.6 is 0 Å². The molecule has 0 spiro atoms. The lowest BCUT2D eigenvalue weighted by atomic mass is 9.81. The second-order valence-corrected chi connectivity index (χ2v) is 9.31. The zero-order valence-electron chi connectivity index (χ0n) is 20.2. The Morgan fingerprint density at radius 3 is 2.49 bits per heavy atom. The molecule has 1 amide bonds. The number of halogens is 3. The number of aromatic nitrogens is 5. The van der Waals surface area contributed by atoms with E-state index in [1.165, 1.54) is 17.2 Å². The topological polar surface area (TPSA) is 78.1 Å². The average Bonchev–Trinajstić information content (AvgIpc) is 3.54. The van der Waals surface area contributed by atoms with Crippen molar-refractivity contribution in [3.05, 3.63) is 77.0 Å². The summed E-state index contributed by atoms with van der Waals surface area (Å²) in [5.41, 5.74) is 3.19. The van der Waals surface area contributed by atoms with Gasteiger partial charge in [-0.15, -0.1) is 0 Å². The van der Waals surface area contributed by atoms with Gasteiger partial charge in [0.1, 0.15) is 11.4 Å². The summed E-state index contributed by atoms with van der Waals surface area (Å²) in [6.45, 7) is 0. The Bertz CT molecular complexity index is 1490. The van der Waals surface area contributed by atoms with Gasteiger partial charge in [0.15, 0.2) is 17.5 Å². The maximum Gasteiger partial charge on any atom is 0.256 e. The van der Waals surface area contributed by atoms with Gasteiger partial charge in [-0.3, -0.25) is 9.48 Å². The molecular formula is C26H23F3N6O2. The number of hydrogen-bond acceptors (Lipinski definition) is 5. The lowest BCUT2D eigenvalue weighted by Crippen LogP contribution is -2.50. The van der Waals surface area contributed by atoms with Crippen LogP contribution < -0.4 is 4.74 Å². The first-order valence-corrected chi connectivity index (χ1v) is 12.0. The highest BCUT2D eigenvalue weighted by atomic mass is 19.2. The number of fused-ring (bicyclic) bond motifs is 4. The molecule has 0 saturated carbocycles. The number of rotatable bonds is 4. The number of carbonyl (C=O) groups is 1. The first-order chi connectivity index (χ1) is 17.9. The van der Waals surface area contributed by atoms with Gasteiger partial charge in [-0.2, -0.15) is 20.1 Å². The van der Waals surface area contributed by atoms with Crippen LogP contribution in [0.15, 0.2) is 42.7 Å². The molecule has 37 heavy (non-hydrogen) atoms. The van der Waals surface area contributed by atoms with Crippen LogP contribution in [0.1, 0.15) is 46.9 Å². The highest BCUT2D eigenvalue weighted by molar-refractivity contribution is 5.98. The van der Waals surface area contributed by atoms with E-state index >= 15 is 0 Å². The number of hydrogen-bond donors (Lipinski definition) is 0. The fourth-order valence-corrected chi connectivity index (χ4v) is 5.67. The number of piperidine rings is 1. The minimum Gasteiger partial charge on any atom is -0.497 e. The Hall–Kier alpha value is -4.15. The van der Waals surface area contributed by atoms with Crippen LogP contribution in [-0.2, 0) is 13.5 Å². The van der Waals surface area contributed by atoms with Crippen LogP contribution in [-0.4, -0.2) is 48.7 Å². The monoisotopic (exact) mass is 508 g/mol. The van der Waals surface area contributed by atoms with Crippen molar-refractivity contribution in [2.75, 3.05) is 7.11 Å². The summed E-state index contributed by atoms with van der Waals surface area (Å²) < 4.78 is 48.7. The Labute approximate surface area is 210 Å². The van der Waals surface area contributed by atoms with Crippen LogP contribution in [0.2, 0.25) is 0 Å². The number of carbonyl (C=O) groups excluding carboxylic acids is 1. The fourth-order valence-electron chi connectivity index (χ4n) is 5.67. The molecule has 2 unspecified atom stereocenters. The molecule has 1 saturated heterocycles. The van der Waals surface area contributed by atoms with Crippen molar-refractivity contribution >= 4 is 5.91 Å². The van der Waals surface area contributed by atoms with E-state index in [-0.39, 0.29) is 23.6 Å². The van der Waals surface area contributed by atoms with Gasteiger partial charge in [0.25, 0.3) is 5.91 Å². The lowest BCUT2D eigenvalue weighted by molar-refractivity contribution is 0.0391. The number of amides is 1. The molecule has 2 aromatic heterocycles. The second kappa shape index (κ2) is 8.75. The Kier molecular flexibility index (Phi) is 5.50. The van der Waals surface area contributed by atoms with Crippen molar-refractivity contribution in [2.45, 2.75) is 37.8 Å². The lowest BCUT2D eigenvalue weighted by Gasteiger charge is -2.45. The number of benzene rings is 2. The van der Waals surface area contributed by atoms with Crippen LogP contribution in [0.3, 0.4) is 0 Å². The summed E-state index contributed by atoms with van der Waals surface area (Å²) in [4.78, 5) is 17.3. The van der Waals surface area contributed by atoms with Crippen molar-refractivity contribution in [2.24, 2.45) is 7.05 Å². The quantitative estimate of drug-likeness (QED) is 0.382. The molecule has 2 aliphatic rings. The van der Waals surface area contributed by atoms with E-state index in [4.69, 9.17) is 9.84 Å². The van der Waals surface area contributed by atoms with Crippen molar-refractivity contribution in [3.8, 4) is 22.7 Å². The smallest absolute Gasteiger partial charge is 0.256 e. The number of ether oxygens (including phenoxy) is 1. The van der Waals surface area contributed by atoms with Gasteiger partial charge in [-0.25, -0.2) is 13.2 Å². The molecule has 2 aromatic carbocycles. The van der Waals surface area contributed by atoms with Crippen molar-refractivity contribution in [1.29, 1.82) is 0 Å².